The van der Waals surface area contributed by atoms with Crippen LogP contribution in [0.3, 0.4) is 0 Å². The Kier molecular flexibility index (Phi) is 3.20. The van der Waals surface area contributed by atoms with E-state index in [2.05, 4.69) is 20.6 Å². The lowest BCUT2D eigenvalue weighted by Gasteiger charge is -2.09. The van der Waals surface area contributed by atoms with E-state index in [0.29, 0.717) is 18.3 Å². The van der Waals surface area contributed by atoms with E-state index in [9.17, 15) is 0 Å². The molecule has 1 N–H and O–H groups in total. The zero-order valence-corrected chi connectivity index (χ0v) is 11.4. The zero-order valence-electron chi connectivity index (χ0n) is 11.4. The molecule has 0 atom stereocenters. The predicted octanol–water partition coefficient (Wildman–Crippen LogP) is 2.39. The maximum absolute atomic E-state index is 5.49. The molecule has 2 aromatic heterocycles. The van der Waals surface area contributed by atoms with Crippen molar-refractivity contribution in [2.24, 2.45) is 7.05 Å². The van der Waals surface area contributed by atoms with Gasteiger partial charge in [-0.05, 0) is 18.2 Å². The number of hydrogen-bond acceptors (Lipinski definition) is 5. The molecule has 1 aromatic carbocycles. The molecule has 6 nitrogen and oxygen atoms in total. The molecule has 102 valence electrons. The van der Waals surface area contributed by atoms with Gasteiger partial charge in [0.15, 0.2) is 0 Å². The van der Waals surface area contributed by atoms with Crippen LogP contribution in [0.4, 0.5) is 5.69 Å². The molecule has 3 rings (SSSR count). The molecule has 0 radical (unpaired) electrons. The summed E-state index contributed by atoms with van der Waals surface area (Å²) in [6, 6.07) is 9.85. The van der Waals surface area contributed by atoms with Crippen LogP contribution in [0.15, 0.2) is 40.9 Å². The Morgan fingerprint density at radius 2 is 2.05 bits per heavy atom. The third-order valence-corrected chi connectivity index (χ3v) is 3.07. The highest BCUT2D eigenvalue weighted by Crippen LogP contribution is 2.26. The van der Waals surface area contributed by atoms with Crippen LogP contribution in [0.5, 0.6) is 0 Å². The highest BCUT2D eigenvalue weighted by atomic mass is 16.4. The van der Waals surface area contributed by atoms with Crippen LogP contribution in [-0.4, -0.2) is 20.0 Å². The van der Waals surface area contributed by atoms with Gasteiger partial charge in [0.2, 0.25) is 11.8 Å². The molecule has 0 aliphatic heterocycles. The fourth-order valence-electron chi connectivity index (χ4n) is 1.99. The van der Waals surface area contributed by atoms with Crippen molar-refractivity contribution in [1.82, 2.24) is 20.0 Å². The van der Waals surface area contributed by atoms with Gasteiger partial charge in [-0.1, -0.05) is 12.1 Å². The maximum Gasteiger partial charge on any atom is 0.249 e. The number of para-hydroxylation sites is 1. The van der Waals surface area contributed by atoms with Gasteiger partial charge in [0.25, 0.3) is 0 Å². The molecule has 0 amide bonds. The fraction of sp³-hybridized carbons (Fsp3) is 0.214. The first-order valence-corrected chi connectivity index (χ1v) is 6.34. The Hall–Kier alpha value is -2.63. The van der Waals surface area contributed by atoms with Crippen LogP contribution in [0.2, 0.25) is 0 Å². The first-order valence-electron chi connectivity index (χ1n) is 6.34. The van der Waals surface area contributed by atoms with Crippen LogP contribution in [0, 0.1) is 6.92 Å². The van der Waals surface area contributed by atoms with E-state index in [0.717, 1.165) is 16.9 Å². The lowest BCUT2D eigenvalue weighted by atomic mass is 10.1. The molecule has 20 heavy (non-hydrogen) atoms. The second-order valence-electron chi connectivity index (χ2n) is 4.47. The van der Waals surface area contributed by atoms with Crippen LogP contribution in [-0.2, 0) is 13.6 Å². The van der Waals surface area contributed by atoms with Gasteiger partial charge in [0.05, 0.1) is 17.8 Å². The molecule has 0 fully saturated rings. The summed E-state index contributed by atoms with van der Waals surface area (Å²) >= 11 is 0. The average Bonchev–Trinajstić information content (AvgIpc) is 3.06. The standard InChI is InChI=1S/C14H15N5O/c1-10-17-18-14(20-10)12-5-3-4-6-13(12)15-9-11-7-8-16-19(11)2/h3-8,15H,9H2,1-2H3. The SMILES string of the molecule is Cc1nnc(-c2ccccc2NCc2ccnn2C)o1. The molecule has 0 unspecified atom stereocenters. The molecule has 0 aliphatic carbocycles. The lowest BCUT2D eigenvalue weighted by molar-refractivity contribution is 0.533. The second kappa shape index (κ2) is 5.16. The number of anilines is 1. The van der Waals surface area contributed by atoms with Gasteiger partial charge < -0.3 is 9.73 Å². The number of hydrogen-bond donors (Lipinski definition) is 1. The normalized spacial score (nSPS) is 10.7. The van der Waals surface area contributed by atoms with Crippen molar-refractivity contribution >= 4 is 5.69 Å². The smallest absolute Gasteiger partial charge is 0.249 e. The summed E-state index contributed by atoms with van der Waals surface area (Å²) in [7, 11) is 1.92. The summed E-state index contributed by atoms with van der Waals surface area (Å²) in [6.45, 7) is 2.46. The highest BCUT2D eigenvalue weighted by Gasteiger charge is 2.11. The number of benzene rings is 1. The molecular weight excluding hydrogens is 254 g/mol. The fourth-order valence-corrected chi connectivity index (χ4v) is 1.99. The predicted molar refractivity (Wildman–Crippen MR) is 75.0 cm³/mol. The van der Waals surface area contributed by atoms with E-state index >= 15 is 0 Å². The van der Waals surface area contributed by atoms with Crippen LogP contribution < -0.4 is 5.32 Å². The molecule has 0 spiro atoms. The second-order valence-corrected chi connectivity index (χ2v) is 4.47. The Labute approximate surface area is 116 Å². The average molecular weight is 269 g/mol. The Morgan fingerprint density at radius 3 is 2.75 bits per heavy atom. The summed E-state index contributed by atoms with van der Waals surface area (Å²) < 4.78 is 7.33. The molecule has 3 aromatic rings. The van der Waals surface area contributed by atoms with Crippen molar-refractivity contribution in [2.75, 3.05) is 5.32 Å². The molecule has 0 saturated heterocycles. The van der Waals surface area contributed by atoms with Crippen molar-refractivity contribution in [3.05, 3.63) is 48.1 Å². The van der Waals surface area contributed by atoms with E-state index in [4.69, 9.17) is 4.42 Å². The third kappa shape index (κ3) is 2.40. The van der Waals surface area contributed by atoms with Crippen molar-refractivity contribution < 1.29 is 4.42 Å². The molecule has 0 aliphatic rings. The van der Waals surface area contributed by atoms with E-state index in [1.165, 1.54) is 0 Å². The minimum absolute atomic E-state index is 0.524. The van der Waals surface area contributed by atoms with Crippen LogP contribution >= 0.6 is 0 Å². The molecular formula is C14H15N5O. The van der Waals surface area contributed by atoms with Gasteiger partial charge in [0.1, 0.15) is 0 Å². The van der Waals surface area contributed by atoms with Crippen LogP contribution in [0.25, 0.3) is 11.5 Å². The topological polar surface area (TPSA) is 68.8 Å². The number of nitrogens with zero attached hydrogens (tertiary/aromatic N) is 4. The number of aromatic nitrogens is 4. The number of nitrogens with one attached hydrogen (secondary N) is 1. The lowest BCUT2D eigenvalue weighted by Crippen LogP contribution is -2.06. The Morgan fingerprint density at radius 1 is 1.20 bits per heavy atom. The zero-order chi connectivity index (χ0) is 13.9. The van der Waals surface area contributed by atoms with E-state index in [1.54, 1.807) is 13.1 Å². The van der Waals surface area contributed by atoms with E-state index in [1.807, 2.05) is 42.1 Å². The first kappa shape index (κ1) is 12.4. The largest absolute Gasteiger partial charge is 0.421 e. The minimum atomic E-state index is 0.524. The monoisotopic (exact) mass is 269 g/mol. The maximum atomic E-state index is 5.49. The van der Waals surface area contributed by atoms with Crippen molar-refractivity contribution in [3.63, 3.8) is 0 Å². The van der Waals surface area contributed by atoms with Crippen LogP contribution in [0.1, 0.15) is 11.6 Å². The van der Waals surface area contributed by atoms with Gasteiger partial charge in [-0.25, -0.2) is 0 Å². The van der Waals surface area contributed by atoms with Gasteiger partial charge in [-0.2, -0.15) is 5.10 Å². The van der Waals surface area contributed by atoms with Gasteiger partial charge in [0, 0.05) is 25.9 Å². The van der Waals surface area contributed by atoms with Gasteiger partial charge in [-0.3, -0.25) is 4.68 Å². The van der Waals surface area contributed by atoms with E-state index < -0.39 is 0 Å². The summed E-state index contributed by atoms with van der Waals surface area (Å²) in [5, 5.41) is 15.5. The number of aryl methyl sites for hydroxylation is 2. The van der Waals surface area contributed by atoms with Crippen molar-refractivity contribution in [2.45, 2.75) is 13.5 Å². The molecule has 0 saturated carbocycles. The molecule has 0 bridgehead atoms. The van der Waals surface area contributed by atoms with E-state index in [-0.39, 0.29) is 0 Å². The Bertz CT molecular complexity index is 716. The highest BCUT2D eigenvalue weighted by molar-refractivity contribution is 5.72. The minimum Gasteiger partial charge on any atom is -0.421 e. The summed E-state index contributed by atoms with van der Waals surface area (Å²) in [6.07, 6.45) is 1.78. The first-order chi connectivity index (χ1) is 9.74. The molecule has 2 heterocycles. The Balaban J connectivity index is 1.85. The third-order valence-electron chi connectivity index (χ3n) is 3.07. The van der Waals surface area contributed by atoms with Crippen molar-refractivity contribution in [3.8, 4) is 11.5 Å². The number of rotatable bonds is 4. The summed E-state index contributed by atoms with van der Waals surface area (Å²) in [4.78, 5) is 0. The van der Waals surface area contributed by atoms with Gasteiger partial charge in [-0.15, -0.1) is 10.2 Å². The summed E-state index contributed by atoms with van der Waals surface area (Å²) in [5.74, 6) is 1.08. The summed E-state index contributed by atoms with van der Waals surface area (Å²) in [5.41, 5.74) is 2.95. The van der Waals surface area contributed by atoms with Crippen molar-refractivity contribution in [1.29, 1.82) is 0 Å². The van der Waals surface area contributed by atoms with Gasteiger partial charge >= 0.3 is 0 Å². The quantitative estimate of drug-likeness (QED) is 0.787. The molecule has 6 heteroatoms.